The first-order chi connectivity index (χ1) is 19.3. The second-order valence-corrected chi connectivity index (χ2v) is 9.77. The highest BCUT2D eigenvalue weighted by Crippen LogP contribution is 2.40. The van der Waals surface area contributed by atoms with Gasteiger partial charge in [-0.1, -0.05) is 63.1 Å². The van der Waals surface area contributed by atoms with E-state index in [0.29, 0.717) is 28.3 Å². The van der Waals surface area contributed by atoms with Gasteiger partial charge in [-0.15, -0.1) is 5.11 Å². The molecule has 0 aliphatic rings. The third-order valence-electron chi connectivity index (χ3n) is 6.99. The van der Waals surface area contributed by atoms with E-state index in [9.17, 15) is 9.90 Å². The molecule has 208 valence electrons. The van der Waals surface area contributed by atoms with Gasteiger partial charge in [0.15, 0.2) is 5.75 Å². The summed E-state index contributed by atoms with van der Waals surface area (Å²) >= 11 is 0. The van der Waals surface area contributed by atoms with E-state index >= 15 is 0 Å². The highest BCUT2D eigenvalue weighted by molar-refractivity contribution is 6.12. The van der Waals surface area contributed by atoms with Crippen molar-refractivity contribution in [3.05, 3.63) is 83.9 Å². The Morgan fingerprint density at radius 1 is 0.925 bits per heavy atom. The Hall–Kier alpha value is -4.43. The van der Waals surface area contributed by atoms with Crippen molar-refractivity contribution >= 4 is 33.7 Å². The van der Waals surface area contributed by atoms with Crippen LogP contribution < -0.4 is 20.5 Å². The number of nitrogens with two attached hydrogens (primary N) is 1. The summed E-state index contributed by atoms with van der Waals surface area (Å²) in [4.78, 5) is 13.4. The minimum absolute atomic E-state index is 0.0555. The number of hydrogen-bond donors (Lipinski definition) is 3. The second kappa shape index (κ2) is 12.6. The summed E-state index contributed by atoms with van der Waals surface area (Å²) in [5, 5.41) is 24.2. The number of carbonyl (C=O) groups is 1. The molecule has 0 atom stereocenters. The van der Waals surface area contributed by atoms with Gasteiger partial charge < -0.3 is 25.6 Å². The van der Waals surface area contributed by atoms with Crippen LogP contribution in [0.5, 0.6) is 17.2 Å². The maximum Gasteiger partial charge on any atom is 0.259 e. The molecule has 0 aromatic heterocycles. The van der Waals surface area contributed by atoms with Crippen molar-refractivity contribution in [1.29, 1.82) is 0 Å². The summed E-state index contributed by atoms with van der Waals surface area (Å²) in [6.45, 7) is 4.27. The number of fused-ring (bicyclic) bond motifs is 1. The number of amides is 1. The highest BCUT2D eigenvalue weighted by atomic mass is 16.5. The molecule has 0 saturated carbocycles. The van der Waals surface area contributed by atoms with Gasteiger partial charge in [-0.2, -0.15) is 5.11 Å². The van der Waals surface area contributed by atoms with Gasteiger partial charge in [0.05, 0.1) is 31.2 Å². The predicted molar refractivity (Wildman–Crippen MR) is 159 cm³/mol. The number of carbonyl (C=O) groups excluding carboxylic acids is 1. The van der Waals surface area contributed by atoms with E-state index in [1.54, 1.807) is 24.3 Å². The summed E-state index contributed by atoms with van der Waals surface area (Å²) in [6, 6.07) is 21.8. The molecule has 4 aromatic rings. The van der Waals surface area contributed by atoms with Crippen molar-refractivity contribution in [2.45, 2.75) is 45.1 Å². The second-order valence-electron chi connectivity index (χ2n) is 9.77. The molecule has 8 heteroatoms. The van der Waals surface area contributed by atoms with Crippen LogP contribution in [-0.2, 0) is 5.54 Å². The van der Waals surface area contributed by atoms with Gasteiger partial charge in [-0.25, -0.2) is 0 Å². The molecule has 8 nitrogen and oxygen atoms in total. The van der Waals surface area contributed by atoms with Crippen molar-refractivity contribution in [2.75, 3.05) is 19.5 Å². The average molecular weight is 541 g/mol. The molecule has 0 unspecified atom stereocenters. The highest BCUT2D eigenvalue weighted by Gasteiger charge is 2.25. The van der Waals surface area contributed by atoms with E-state index in [2.05, 4.69) is 29.4 Å². The monoisotopic (exact) mass is 540 g/mol. The Kier molecular flexibility index (Phi) is 9.01. The molecular formula is C32H36N4O4. The van der Waals surface area contributed by atoms with E-state index in [4.69, 9.17) is 15.2 Å². The number of hydrogen-bond acceptors (Lipinski definition) is 7. The molecule has 4 rings (SSSR count). The first-order valence-corrected chi connectivity index (χ1v) is 13.4. The lowest BCUT2D eigenvalue weighted by molar-refractivity contribution is 0.102. The number of methoxy groups -OCH3 is 2. The summed E-state index contributed by atoms with van der Waals surface area (Å²) in [5.41, 5.74) is 8.70. The number of ether oxygens (including phenoxy) is 2. The number of anilines is 1. The molecule has 0 radical (unpaired) electrons. The fraction of sp³-hybridized carbons (Fsp3) is 0.281. The fourth-order valence-corrected chi connectivity index (χ4v) is 4.97. The van der Waals surface area contributed by atoms with Crippen molar-refractivity contribution in [3.63, 3.8) is 0 Å². The molecule has 0 spiro atoms. The maximum absolute atomic E-state index is 13.4. The summed E-state index contributed by atoms with van der Waals surface area (Å²) < 4.78 is 10.7. The largest absolute Gasteiger partial charge is 0.505 e. The SMILES string of the molecule is CCCC(N)(CCC)c1ccc(N=Nc2c(O)c(C(=O)Nc3cc(OC)ccc3OC)cc3ccccc23)cc1. The Balaban J connectivity index is 1.69. The van der Waals surface area contributed by atoms with Gasteiger partial charge in [-0.3, -0.25) is 4.79 Å². The van der Waals surface area contributed by atoms with Crippen LogP contribution >= 0.6 is 0 Å². The lowest BCUT2D eigenvalue weighted by atomic mass is 9.83. The Morgan fingerprint density at radius 3 is 2.27 bits per heavy atom. The quantitative estimate of drug-likeness (QED) is 0.167. The maximum atomic E-state index is 13.4. The number of nitrogens with one attached hydrogen (secondary N) is 1. The molecular weight excluding hydrogens is 504 g/mol. The van der Waals surface area contributed by atoms with Gasteiger partial charge in [0.25, 0.3) is 5.91 Å². The zero-order valence-corrected chi connectivity index (χ0v) is 23.4. The number of aromatic hydroxyl groups is 1. The summed E-state index contributed by atoms with van der Waals surface area (Å²) in [5.74, 6) is 0.208. The molecule has 0 fully saturated rings. The van der Waals surface area contributed by atoms with Crippen molar-refractivity contribution in [1.82, 2.24) is 0 Å². The van der Waals surface area contributed by atoms with Crippen molar-refractivity contribution in [2.24, 2.45) is 16.0 Å². The molecule has 0 bridgehead atoms. The third-order valence-corrected chi connectivity index (χ3v) is 6.99. The Morgan fingerprint density at radius 2 is 1.62 bits per heavy atom. The molecule has 4 aromatic carbocycles. The van der Waals surface area contributed by atoms with Gasteiger partial charge in [0, 0.05) is 17.0 Å². The minimum Gasteiger partial charge on any atom is -0.505 e. The van der Waals surface area contributed by atoms with Crippen LogP contribution in [0.3, 0.4) is 0 Å². The molecule has 0 heterocycles. The molecule has 0 saturated heterocycles. The van der Waals surface area contributed by atoms with Crippen LogP contribution in [0.25, 0.3) is 10.8 Å². The van der Waals surface area contributed by atoms with Crippen LogP contribution in [0.15, 0.2) is 83.0 Å². The minimum atomic E-state index is -0.526. The summed E-state index contributed by atoms with van der Waals surface area (Å²) in [7, 11) is 3.05. The van der Waals surface area contributed by atoms with Crippen LogP contribution in [0, 0.1) is 0 Å². The van der Waals surface area contributed by atoms with Gasteiger partial charge in [0.2, 0.25) is 0 Å². The zero-order valence-electron chi connectivity index (χ0n) is 23.4. The van der Waals surface area contributed by atoms with E-state index in [1.807, 2.05) is 48.5 Å². The zero-order chi connectivity index (χ0) is 28.7. The first-order valence-electron chi connectivity index (χ1n) is 13.4. The predicted octanol–water partition coefficient (Wildman–Crippen LogP) is 7.98. The number of nitrogens with zero attached hydrogens (tertiary/aromatic N) is 2. The van der Waals surface area contributed by atoms with E-state index in [-0.39, 0.29) is 22.5 Å². The van der Waals surface area contributed by atoms with E-state index < -0.39 is 5.91 Å². The molecule has 4 N–H and O–H groups in total. The topological polar surface area (TPSA) is 119 Å². The third kappa shape index (κ3) is 6.07. The number of rotatable bonds is 11. The Bertz CT molecular complexity index is 1510. The fourth-order valence-electron chi connectivity index (χ4n) is 4.97. The average Bonchev–Trinajstić information content (AvgIpc) is 2.96. The Labute approximate surface area is 234 Å². The lowest BCUT2D eigenvalue weighted by Crippen LogP contribution is -2.36. The van der Waals surface area contributed by atoms with Crippen molar-refractivity contribution in [3.8, 4) is 17.2 Å². The number of phenolic OH excluding ortho intramolecular Hbond substituents is 1. The molecule has 0 aliphatic carbocycles. The van der Waals surface area contributed by atoms with E-state index in [1.165, 1.54) is 14.2 Å². The molecule has 40 heavy (non-hydrogen) atoms. The number of azo groups is 1. The van der Waals surface area contributed by atoms with Crippen molar-refractivity contribution < 1.29 is 19.4 Å². The summed E-state index contributed by atoms with van der Waals surface area (Å²) in [6.07, 6.45) is 3.80. The molecule has 0 aliphatic heterocycles. The van der Waals surface area contributed by atoms with Gasteiger partial charge in [0.1, 0.15) is 17.2 Å². The number of benzene rings is 4. The van der Waals surface area contributed by atoms with Crippen LogP contribution in [0.4, 0.5) is 17.1 Å². The number of phenols is 1. The first kappa shape index (κ1) is 28.6. The van der Waals surface area contributed by atoms with Crippen LogP contribution in [-0.4, -0.2) is 25.2 Å². The van der Waals surface area contributed by atoms with Gasteiger partial charge >= 0.3 is 0 Å². The smallest absolute Gasteiger partial charge is 0.259 e. The standard InChI is InChI=1S/C32H36N4O4/c1-5-17-32(33,18-6-2)22-11-13-23(14-12-22)35-36-29-25-10-8-7-9-21(25)19-26(30(29)37)31(38)34-27-20-24(39-3)15-16-28(27)40-4/h7-16,19-20,37H,5-6,17-18,33H2,1-4H3,(H,34,38). The lowest BCUT2D eigenvalue weighted by Gasteiger charge is -2.29. The van der Waals surface area contributed by atoms with Crippen LogP contribution in [0.2, 0.25) is 0 Å². The van der Waals surface area contributed by atoms with Crippen LogP contribution in [0.1, 0.15) is 55.5 Å². The van der Waals surface area contributed by atoms with E-state index in [0.717, 1.165) is 36.6 Å². The molecule has 1 amide bonds. The normalized spacial score (nSPS) is 11.6. The van der Waals surface area contributed by atoms with Gasteiger partial charge in [-0.05, 0) is 54.1 Å².